The molecule has 0 aliphatic rings. The minimum atomic E-state index is 0.429. The largest absolute Gasteiger partial charge is 0.398 e. The Morgan fingerprint density at radius 1 is 0.842 bits per heavy atom. The maximum atomic E-state index is 8.07. The van der Waals surface area contributed by atoms with Crippen molar-refractivity contribution in [1.82, 2.24) is 0 Å². The van der Waals surface area contributed by atoms with Gasteiger partial charge in [-0.1, -0.05) is 59.7 Å². The molecule has 2 heteroatoms. The van der Waals surface area contributed by atoms with E-state index in [2.05, 4.69) is 0 Å². The Labute approximate surface area is 114 Å². The second kappa shape index (κ2) is 5.53. The number of rotatable bonds is 3. The standard InChI is InChI=1S/C17H18N2/c1-12-3-7-14(8-4-12)16(18)11-17(19)15-9-5-13(2)6-10-15/h3-11,18H,19H2,1-2H3/b17-11-,18-16?. The van der Waals surface area contributed by atoms with Crippen LogP contribution in [-0.4, -0.2) is 5.71 Å². The second-order valence-corrected chi connectivity index (χ2v) is 4.75. The van der Waals surface area contributed by atoms with Crippen molar-refractivity contribution in [2.24, 2.45) is 5.73 Å². The first-order valence-electron chi connectivity index (χ1n) is 6.26. The molecule has 0 saturated heterocycles. The van der Waals surface area contributed by atoms with Gasteiger partial charge in [-0.25, -0.2) is 0 Å². The minimum Gasteiger partial charge on any atom is -0.398 e. The third kappa shape index (κ3) is 3.32. The van der Waals surface area contributed by atoms with Crippen molar-refractivity contribution < 1.29 is 0 Å². The zero-order valence-electron chi connectivity index (χ0n) is 11.3. The molecular formula is C17H18N2. The lowest BCUT2D eigenvalue weighted by atomic mass is 10.0. The highest BCUT2D eigenvalue weighted by atomic mass is 14.6. The predicted octanol–water partition coefficient (Wildman–Crippen LogP) is 3.67. The average molecular weight is 250 g/mol. The van der Waals surface area contributed by atoms with E-state index in [4.69, 9.17) is 11.1 Å². The number of hydrogen-bond acceptors (Lipinski definition) is 2. The SMILES string of the molecule is Cc1ccc(C(=N)/C=C(\N)c2ccc(C)cc2)cc1. The minimum absolute atomic E-state index is 0.429. The molecular weight excluding hydrogens is 232 g/mol. The van der Waals surface area contributed by atoms with Crippen LogP contribution in [0.15, 0.2) is 54.6 Å². The van der Waals surface area contributed by atoms with Crippen molar-refractivity contribution in [3.05, 3.63) is 76.9 Å². The van der Waals surface area contributed by atoms with E-state index in [0.717, 1.165) is 11.1 Å². The van der Waals surface area contributed by atoms with Gasteiger partial charge in [-0.3, -0.25) is 0 Å². The van der Waals surface area contributed by atoms with Gasteiger partial charge < -0.3 is 11.1 Å². The molecule has 0 heterocycles. The number of hydrogen-bond donors (Lipinski definition) is 2. The molecule has 0 atom stereocenters. The fourth-order valence-electron chi connectivity index (χ4n) is 1.80. The molecule has 0 aliphatic heterocycles. The van der Waals surface area contributed by atoms with Gasteiger partial charge in [0, 0.05) is 5.70 Å². The molecule has 0 fully saturated rings. The van der Waals surface area contributed by atoms with Gasteiger partial charge in [-0.2, -0.15) is 0 Å². The maximum absolute atomic E-state index is 8.07. The van der Waals surface area contributed by atoms with Crippen LogP contribution in [0.3, 0.4) is 0 Å². The van der Waals surface area contributed by atoms with Gasteiger partial charge in [0.25, 0.3) is 0 Å². The molecule has 0 unspecified atom stereocenters. The highest BCUT2D eigenvalue weighted by molar-refractivity contribution is 6.10. The number of nitrogens with two attached hydrogens (primary N) is 1. The number of nitrogens with one attached hydrogen (secondary N) is 1. The number of allylic oxidation sites excluding steroid dienone is 1. The summed E-state index contributed by atoms with van der Waals surface area (Å²) >= 11 is 0. The Morgan fingerprint density at radius 3 is 1.74 bits per heavy atom. The summed E-state index contributed by atoms with van der Waals surface area (Å²) in [7, 11) is 0. The molecule has 19 heavy (non-hydrogen) atoms. The molecule has 0 aromatic heterocycles. The van der Waals surface area contributed by atoms with Gasteiger partial charge >= 0.3 is 0 Å². The van der Waals surface area contributed by atoms with E-state index in [-0.39, 0.29) is 0 Å². The topological polar surface area (TPSA) is 49.9 Å². The zero-order valence-corrected chi connectivity index (χ0v) is 11.3. The highest BCUT2D eigenvalue weighted by Gasteiger charge is 2.01. The Balaban J connectivity index is 2.22. The molecule has 0 spiro atoms. The van der Waals surface area contributed by atoms with E-state index in [1.807, 2.05) is 62.4 Å². The van der Waals surface area contributed by atoms with Gasteiger partial charge in [0.15, 0.2) is 0 Å². The summed E-state index contributed by atoms with van der Waals surface area (Å²) in [5.74, 6) is 0. The highest BCUT2D eigenvalue weighted by Crippen LogP contribution is 2.12. The first-order valence-corrected chi connectivity index (χ1v) is 6.26. The van der Waals surface area contributed by atoms with E-state index in [9.17, 15) is 0 Å². The van der Waals surface area contributed by atoms with Gasteiger partial charge in [0.1, 0.15) is 0 Å². The van der Waals surface area contributed by atoms with Gasteiger partial charge in [0.05, 0.1) is 5.71 Å². The van der Waals surface area contributed by atoms with Crippen LogP contribution in [0, 0.1) is 19.3 Å². The van der Waals surface area contributed by atoms with Crippen molar-refractivity contribution in [2.75, 3.05) is 0 Å². The lowest BCUT2D eigenvalue weighted by Gasteiger charge is -2.04. The summed E-state index contributed by atoms with van der Waals surface area (Å²) in [5, 5.41) is 8.07. The van der Waals surface area contributed by atoms with Crippen molar-refractivity contribution in [3.63, 3.8) is 0 Å². The van der Waals surface area contributed by atoms with Crippen LogP contribution in [0.4, 0.5) is 0 Å². The molecule has 0 amide bonds. The monoisotopic (exact) mass is 250 g/mol. The molecule has 2 rings (SSSR count). The Hall–Kier alpha value is -2.35. The summed E-state index contributed by atoms with van der Waals surface area (Å²) in [6.45, 7) is 4.07. The molecule has 96 valence electrons. The Kier molecular flexibility index (Phi) is 3.81. The van der Waals surface area contributed by atoms with Crippen LogP contribution in [0.5, 0.6) is 0 Å². The van der Waals surface area contributed by atoms with Crippen LogP contribution in [0.1, 0.15) is 22.3 Å². The lowest BCUT2D eigenvalue weighted by Crippen LogP contribution is -2.02. The summed E-state index contributed by atoms with van der Waals surface area (Å²) in [6.07, 6.45) is 1.70. The smallest absolute Gasteiger partial charge is 0.0632 e. The molecule has 0 saturated carbocycles. The van der Waals surface area contributed by atoms with Gasteiger partial charge in [0.2, 0.25) is 0 Å². The van der Waals surface area contributed by atoms with Gasteiger partial charge in [-0.15, -0.1) is 0 Å². The predicted molar refractivity (Wildman–Crippen MR) is 81.4 cm³/mol. The molecule has 2 nitrogen and oxygen atoms in total. The summed E-state index contributed by atoms with van der Waals surface area (Å²) in [4.78, 5) is 0. The first-order chi connectivity index (χ1) is 9.06. The van der Waals surface area contributed by atoms with E-state index >= 15 is 0 Å². The molecule has 2 aromatic rings. The van der Waals surface area contributed by atoms with Gasteiger partial charge in [-0.05, 0) is 31.1 Å². The summed E-state index contributed by atoms with van der Waals surface area (Å²) < 4.78 is 0. The lowest BCUT2D eigenvalue weighted by molar-refractivity contribution is 1.42. The third-order valence-corrected chi connectivity index (χ3v) is 3.05. The fraction of sp³-hybridized carbons (Fsp3) is 0.118. The van der Waals surface area contributed by atoms with Crippen LogP contribution < -0.4 is 5.73 Å². The van der Waals surface area contributed by atoms with E-state index in [1.54, 1.807) is 6.08 Å². The zero-order chi connectivity index (χ0) is 13.8. The quantitative estimate of drug-likeness (QED) is 0.802. The van der Waals surface area contributed by atoms with Crippen molar-refractivity contribution in [1.29, 1.82) is 5.41 Å². The van der Waals surface area contributed by atoms with Crippen molar-refractivity contribution in [2.45, 2.75) is 13.8 Å². The number of aryl methyl sites for hydroxylation is 2. The normalized spacial score (nSPS) is 11.4. The Morgan fingerprint density at radius 2 is 1.26 bits per heavy atom. The van der Waals surface area contributed by atoms with E-state index in [0.29, 0.717) is 11.4 Å². The second-order valence-electron chi connectivity index (χ2n) is 4.75. The van der Waals surface area contributed by atoms with Crippen LogP contribution >= 0.6 is 0 Å². The first kappa shape index (κ1) is 13.1. The fourth-order valence-corrected chi connectivity index (χ4v) is 1.80. The maximum Gasteiger partial charge on any atom is 0.0632 e. The summed E-state index contributed by atoms with van der Waals surface area (Å²) in [5.41, 5.74) is 11.3. The average Bonchev–Trinajstić information content (AvgIpc) is 2.40. The van der Waals surface area contributed by atoms with Crippen molar-refractivity contribution >= 4 is 11.4 Å². The number of benzene rings is 2. The molecule has 0 aliphatic carbocycles. The molecule has 2 aromatic carbocycles. The molecule has 0 radical (unpaired) electrons. The Bertz CT molecular complexity index is 605. The molecule has 0 bridgehead atoms. The van der Waals surface area contributed by atoms with Crippen LogP contribution in [0.25, 0.3) is 5.70 Å². The van der Waals surface area contributed by atoms with E-state index < -0.39 is 0 Å². The van der Waals surface area contributed by atoms with E-state index in [1.165, 1.54) is 11.1 Å². The summed E-state index contributed by atoms with van der Waals surface area (Å²) in [6, 6.07) is 15.9. The van der Waals surface area contributed by atoms with Crippen LogP contribution in [0.2, 0.25) is 0 Å². The third-order valence-electron chi connectivity index (χ3n) is 3.05. The molecule has 3 N–H and O–H groups in total. The van der Waals surface area contributed by atoms with Crippen LogP contribution in [-0.2, 0) is 0 Å². The van der Waals surface area contributed by atoms with Crippen molar-refractivity contribution in [3.8, 4) is 0 Å².